The fraction of sp³-hybridized carbons (Fsp3) is 0.167. The van der Waals surface area contributed by atoms with Crippen LogP contribution in [-0.4, -0.2) is 20.0 Å². The molecule has 24 heavy (non-hydrogen) atoms. The molecule has 3 rings (SSSR count). The number of rotatable bonds is 6. The normalized spacial score (nSPS) is 11.5. The van der Waals surface area contributed by atoms with Gasteiger partial charge >= 0.3 is 0 Å². The summed E-state index contributed by atoms with van der Waals surface area (Å²) in [5.74, 6) is 0. The Hall–Kier alpha value is -2.44. The van der Waals surface area contributed by atoms with Crippen LogP contribution in [0.3, 0.4) is 0 Å². The van der Waals surface area contributed by atoms with Crippen molar-refractivity contribution >= 4 is 26.6 Å². The largest absolute Gasteiger partial charge is 0.377 e. The van der Waals surface area contributed by atoms with E-state index in [1.807, 2.05) is 31.2 Å². The molecule has 0 aliphatic carbocycles. The van der Waals surface area contributed by atoms with Gasteiger partial charge in [0.25, 0.3) is 10.0 Å². The first-order chi connectivity index (χ1) is 11.6. The quantitative estimate of drug-likeness (QED) is 0.743. The van der Waals surface area contributed by atoms with Gasteiger partial charge in [0.1, 0.15) is 4.90 Å². The minimum atomic E-state index is -3.71. The zero-order valence-electron chi connectivity index (χ0n) is 13.3. The minimum absolute atomic E-state index is 0.166. The molecule has 0 spiro atoms. The number of nitrogens with one attached hydrogen (secondary N) is 1. The van der Waals surface area contributed by atoms with E-state index in [9.17, 15) is 8.42 Å². The summed E-state index contributed by atoms with van der Waals surface area (Å²) >= 11 is 0. The van der Waals surface area contributed by atoms with Crippen LogP contribution in [0.5, 0.6) is 0 Å². The van der Waals surface area contributed by atoms with Crippen molar-refractivity contribution in [1.29, 1.82) is 0 Å². The van der Waals surface area contributed by atoms with Gasteiger partial charge in [-0.05, 0) is 36.8 Å². The van der Waals surface area contributed by atoms with Gasteiger partial charge in [0.2, 0.25) is 0 Å². The van der Waals surface area contributed by atoms with Crippen LogP contribution in [0.1, 0.15) is 12.5 Å². The Bertz CT molecular complexity index is 933. The number of nitrogens with zero attached hydrogens (tertiary/aromatic N) is 1. The van der Waals surface area contributed by atoms with E-state index in [2.05, 4.69) is 9.71 Å². The molecule has 0 fully saturated rings. The molecule has 0 aliphatic rings. The SMILES string of the molecule is CCOCc1ccc(NS(=O)(=O)c2cccc3cccnc23)cc1. The van der Waals surface area contributed by atoms with Crippen LogP contribution in [0, 0.1) is 0 Å². The van der Waals surface area contributed by atoms with E-state index in [0.717, 1.165) is 10.9 Å². The Morgan fingerprint density at radius 1 is 1.04 bits per heavy atom. The predicted molar refractivity (Wildman–Crippen MR) is 94.3 cm³/mol. The molecule has 0 atom stereocenters. The van der Waals surface area contributed by atoms with Gasteiger partial charge in [0.15, 0.2) is 0 Å². The summed E-state index contributed by atoms with van der Waals surface area (Å²) in [6.45, 7) is 3.08. The maximum atomic E-state index is 12.7. The van der Waals surface area contributed by atoms with E-state index in [1.54, 1.807) is 36.5 Å². The van der Waals surface area contributed by atoms with Gasteiger partial charge in [0.05, 0.1) is 12.1 Å². The highest BCUT2D eigenvalue weighted by Gasteiger charge is 2.18. The van der Waals surface area contributed by atoms with Crippen molar-refractivity contribution in [1.82, 2.24) is 4.98 Å². The lowest BCUT2D eigenvalue weighted by Gasteiger charge is -2.10. The fourth-order valence-corrected chi connectivity index (χ4v) is 3.63. The van der Waals surface area contributed by atoms with Gasteiger partial charge in [-0.15, -0.1) is 0 Å². The summed E-state index contributed by atoms with van der Waals surface area (Å²) in [6, 6.07) is 15.9. The van der Waals surface area contributed by atoms with Crippen molar-refractivity contribution in [2.75, 3.05) is 11.3 Å². The molecule has 6 heteroatoms. The number of hydrogen-bond acceptors (Lipinski definition) is 4. The van der Waals surface area contributed by atoms with E-state index < -0.39 is 10.0 Å². The number of benzene rings is 2. The summed E-state index contributed by atoms with van der Waals surface area (Å²) < 4.78 is 33.3. The van der Waals surface area contributed by atoms with Crippen LogP contribution in [0.2, 0.25) is 0 Å². The molecule has 0 aliphatic heterocycles. The first-order valence-corrected chi connectivity index (χ1v) is 9.12. The van der Waals surface area contributed by atoms with E-state index in [1.165, 1.54) is 0 Å². The molecule has 124 valence electrons. The average Bonchev–Trinajstić information content (AvgIpc) is 2.60. The Balaban J connectivity index is 1.88. The van der Waals surface area contributed by atoms with Gasteiger partial charge in [-0.1, -0.05) is 30.3 Å². The molecule has 1 heterocycles. The number of ether oxygens (including phenoxy) is 1. The molecule has 3 aromatic rings. The Labute approximate surface area is 141 Å². The smallest absolute Gasteiger partial charge is 0.264 e. The van der Waals surface area contributed by atoms with Gasteiger partial charge in [0, 0.05) is 23.9 Å². The van der Waals surface area contributed by atoms with Gasteiger partial charge in [-0.25, -0.2) is 8.42 Å². The second-order valence-corrected chi connectivity index (χ2v) is 6.92. The van der Waals surface area contributed by atoms with Crippen molar-refractivity contribution in [2.24, 2.45) is 0 Å². The fourth-order valence-electron chi connectivity index (χ4n) is 2.39. The number of aromatic nitrogens is 1. The molecule has 1 aromatic heterocycles. The highest BCUT2D eigenvalue weighted by molar-refractivity contribution is 7.93. The summed E-state index contributed by atoms with van der Waals surface area (Å²) in [7, 11) is -3.71. The zero-order chi connectivity index (χ0) is 17.0. The van der Waals surface area contributed by atoms with Crippen LogP contribution in [-0.2, 0) is 21.4 Å². The van der Waals surface area contributed by atoms with Crippen LogP contribution in [0.15, 0.2) is 65.7 Å². The molecule has 0 amide bonds. The number of sulfonamides is 1. The Morgan fingerprint density at radius 3 is 2.54 bits per heavy atom. The second kappa shape index (κ2) is 6.98. The van der Waals surface area contributed by atoms with Gasteiger partial charge in [-0.3, -0.25) is 9.71 Å². The highest BCUT2D eigenvalue weighted by atomic mass is 32.2. The number of pyridine rings is 1. The third kappa shape index (κ3) is 3.55. The maximum absolute atomic E-state index is 12.7. The third-order valence-electron chi connectivity index (χ3n) is 3.56. The van der Waals surface area contributed by atoms with Gasteiger partial charge < -0.3 is 4.74 Å². The van der Waals surface area contributed by atoms with E-state index in [0.29, 0.717) is 24.4 Å². The monoisotopic (exact) mass is 342 g/mol. The second-order valence-electron chi connectivity index (χ2n) is 5.27. The lowest BCUT2D eigenvalue weighted by Crippen LogP contribution is -2.13. The van der Waals surface area contributed by atoms with Crippen LogP contribution in [0.4, 0.5) is 5.69 Å². The number of anilines is 1. The average molecular weight is 342 g/mol. The number of hydrogen-bond donors (Lipinski definition) is 1. The lowest BCUT2D eigenvalue weighted by atomic mass is 10.2. The molecule has 1 N–H and O–H groups in total. The molecule has 5 nitrogen and oxygen atoms in total. The molecule has 0 bridgehead atoms. The van der Waals surface area contributed by atoms with Crippen molar-refractivity contribution in [2.45, 2.75) is 18.4 Å². The Kier molecular flexibility index (Phi) is 4.78. The van der Waals surface area contributed by atoms with E-state index in [-0.39, 0.29) is 4.90 Å². The topological polar surface area (TPSA) is 68.3 Å². The van der Waals surface area contributed by atoms with Crippen LogP contribution in [0.25, 0.3) is 10.9 Å². The first kappa shape index (κ1) is 16.4. The standard InChI is InChI=1S/C18H18N2O3S/c1-2-23-13-14-8-10-16(11-9-14)20-24(21,22)17-7-3-5-15-6-4-12-19-18(15)17/h3-12,20H,2,13H2,1H3. The molecule has 2 aromatic carbocycles. The molecular weight excluding hydrogens is 324 g/mol. The summed E-state index contributed by atoms with van der Waals surface area (Å²) in [4.78, 5) is 4.37. The van der Waals surface area contributed by atoms with Crippen molar-refractivity contribution in [3.63, 3.8) is 0 Å². The van der Waals surface area contributed by atoms with Crippen molar-refractivity contribution in [3.05, 3.63) is 66.4 Å². The third-order valence-corrected chi connectivity index (χ3v) is 4.98. The summed E-state index contributed by atoms with van der Waals surface area (Å²) in [6.07, 6.45) is 1.59. The first-order valence-electron chi connectivity index (χ1n) is 7.63. The van der Waals surface area contributed by atoms with E-state index in [4.69, 9.17) is 4.74 Å². The van der Waals surface area contributed by atoms with Crippen LogP contribution < -0.4 is 4.72 Å². The summed E-state index contributed by atoms with van der Waals surface area (Å²) in [5.41, 5.74) is 1.95. The van der Waals surface area contributed by atoms with E-state index >= 15 is 0 Å². The summed E-state index contributed by atoms with van der Waals surface area (Å²) in [5, 5.41) is 0.785. The number of para-hydroxylation sites is 1. The lowest BCUT2D eigenvalue weighted by molar-refractivity contribution is 0.134. The van der Waals surface area contributed by atoms with Crippen molar-refractivity contribution in [3.8, 4) is 0 Å². The molecule has 0 saturated carbocycles. The zero-order valence-corrected chi connectivity index (χ0v) is 14.1. The number of fused-ring (bicyclic) bond motifs is 1. The Morgan fingerprint density at radius 2 is 1.79 bits per heavy atom. The van der Waals surface area contributed by atoms with Gasteiger partial charge in [-0.2, -0.15) is 0 Å². The maximum Gasteiger partial charge on any atom is 0.264 e. The molecule has 0 saturated heterocycles. The van der Waals surface area contributed by atoms with Crippen molar-refractivity contribution < 1.29 is 13.2 Å². The predicted octanol–water partition coefficient (Wildman–Crippen LogP) is 3.57. The highest BCUT2D eigenvalue weighted by Crippen LogP contribution is 2.23. The molecule has 0 radical (unpaired) electrons. The minimum Gasteiger partial charge on any atom is -0.377 e. The van der Waals surface area contributed by atoms with Crippen LogP contribution >= 0.6 is 0 Å². The molecular formula is C18H18N2O3S. The molecule has 0 unspecified atom stereocenters.